The van der Waals surface area contributed by atoms with E-state index >= 15 is 0 Å². The lowest BCUT2D eigenvalue weighted by molar-refractivity contribution is -0.120. The van der Waals surface area contributed by atoms with Gasteiger partial charge < -0.3 is 15.4 Å². The van der Waals surface area contributed by atoms with E-state index < -0.39 is 10.8 Å². The van der Waals surface area contributed by atoms with Gasteiger partial charge in [0.1, 0.15) is 6.04 Å². The maximum atomic E-state index is 12.5. The highest BCUT2D eigenvalue weighted by Gasteiger charge is 2.22. The lowest BCUT2D eigenvalue weighted by Crippen LogP contribution is -2.48. The molecule has 1 aliphatic heterocycles. The van der Waals surface area contributed by atoms with Crippen molar-refractivity contribution in [3.05, 3.63) is 29.8 Å². The zero-order chi connectivity index (χ0) is 16.8. The summed E-state index contributed by atoms with van der Waals surface area (Å²) in [7, 11) is -0.828. The van der Waals surface area contributed by atoms with Gasteiger partial charge in [-0.3, -0.25) is 9.00 Å². The fourth-order valence-corrected chi connectivity index (χ4v) is 4.92. The van der Waals surface area contributed by atoms with Crippen LogP contribution in [0, 0.1) is 0 Å². The standard InChI is InChI=1S/C18H26N2O3S/c21-18(17-12-23-10-9-19-17)20-15-6-4-5-14(11-15)13-24(22)16-7-2-1-3-8-16/h4-6,11,16-17,19H,1-3,7-10,12-13H2,(H,20,21). The predicted molar refractivity (Wildman–Crippen MR) is 96.4 cm³/mol. The van der Waals surface area contributed by atoms with Gasteiger partial charge in [0.2, 0.25) is 5.91 Å². The van der Waals surface area contributed by atoms with Crippen molar-refractivity contribution in [2.75, 3.05) is 25.1 Å². The molecule has 0 aromatic heterocycles. The minimum absolute atomic E-state index is 0.0831. The van der Waals surface area contributed by atoms with Crippen molar-refractivity contribution in [2.24, 2.45) is 0 Å². The summed E-state index contributed by atoms with van der Waals surface area (Å²) in [5.41, 5.74) is 1.77. The maximum absolute atomic E-state index is 12.5. The first-order valence-corrected chi connectivity index (χ1v) is 10.2. The average molecular weight is 350 g/mol. The minimum atomic E-state index is -0.828. The molecule has 1 saturated carbocycles. The molecule has 1 amide bonds. The second kappa shape index (κ2) is 8.74. The minimum Gasteiger partial charge on any atom is -0.378 e. The van der Waals surface area contributed by atoms with Crippen LogP contribution in [0.25, 0.3) is 0 Å². The van der Waals surface area contributed by atoms with E-state index in [-0.39, 0.29) is 11.9 Å². The first-order chi connectivity index (χ1) is 11.7. The SMILES string of the molecule is O=C(Nc1cccc(CS(=O)C2CCCCC2)c1)C1COCCN1. The first kappa shape index (κ1) is 17.6. The Kier molecular flexibility index (Phi) is 6.40. The molecule has 3 rings (SSSR count). The van der Waals surface area contributed by atoms with Crippen LogP contribution in [-0.2, 0) is 26.1 Å². The van der Waals surface area contributed by atoms with Crippen LogP contribution in [0.1, 0.15) is 37.7 Å². The molecule has 1 aromatic carbocycles. The lowest BCUT2D eigenvalue weighted by atomic mass is 10.0. The molecule has 2 aliphatic rings. The van der Waals surface area contributed by atoms with Gasteiger partial charge in [-0.2, -0.15) is 0 Å². The molecule has 6 heteroatoms. The van der Waals surface area contributed by atoms with Crippen molar-refractivity contribution in [3.63, 3.8) is 0 Å². The van der Waals surface area contributed by atoms with E-state index in [1.165, 1.54) is 19.3 Å². The zero-order valence-electron chi connectivity index (χ0n) is 14.0. The molecule has 24 heavy (non-hydrogen) atoms. The van der Waals surface area contributed by atoms with Gasteiger partial charge in [0.25, 0.3) is 0 Å². The number of morpholine rings is 1. The number of anilines is 1. The third kappa shape index (κ3) is 4.88. The van der Waals surface area contributed by atoms with Gasteiger partial charge in [-0.05, 0) is 30.5 Å². The Hall–Kier alpha value is -1.24. The quantitative estimate of drug-likeness (QED) is 0.854. The van der Waals surface area contributed by atoms with Crippen molar-refractivity contribution >= 4 is 22.4 Å². The molecule has 0 radical (unpaired) electrons. The Bertz CT molecular complexity index is 534. The number of hydrogen-bond acceptors (Lipinski definition) is 4. The normalized spacial score (nSPS) is 23.6. The second-order valence-corrected chi connectivity index (χ2v) is 8.27. The number of hydrogen-bond donors (Lipinski definition) is 2. The van der Waals surface area contributed by atoms with Gasteiger partial charge in [-0.1, -0.05) is 31.4 Å². The molecule has 2 unspecified atom stereocenters. The Morgan fingerprint density at radius 2 is 2.12 bits per heavy atom. The van der Waals surface area contributed by atoms with E-state index in [4.69, 9.17) is 4.74 Å². The van der Waals surface area contributed by atoms with Gasteiger partial charge in [0.05, 0.1) is 13.2 Å². The Balaban J connectivity index is 1.57. The number of benzene rings is 1. The molecule has 132 valence electrons. The number of amides is 1. The molecule has 1 heterocycles. The first-order valence-electron chi connectivity index (χ1n) is 8.80. The van der Waals surface area contributed by atoms with E-state index in [0.29, 0.717) is 30.8 Å². The van der Waals surface area contributed by atoms with E-state index in [0.717, 1.165) is 24.1 Å². The van der Waals surface area contributed by atoms with E-state index in [9.17, 15) is 9.00 Å². The summed E-state index contributed by atoms with van der Waals surface area (Å²) in [4.78, 5) is 12.2. The molecule has 1 aliphatic carbocycles. The van der Waals surface area contributed by atoms with Gasteiger partial charge in [0.15, 0.2) is 0 Å². The molecule has 0 spiro atoms. The largest absolute Gasteiger partial charge is 0.378 e. The molecular weight excluding hydrogens is 324 g/mol. The number of carbonyl (C=O) groups excluding carboxylic acids is 1. The third-order valence-electron chi connectivity index (χ3n) is 4.67. The lowest BCUT2D eigenvalue weighted by Gasteiger charge is -2.23. The van der Waals surface area contributed by atoms with Crippen molar-refractivity contribution in [3.8, 4) is 0 Å². The Morgan fingerprint density at radius 1 is 1.29 bits per heavy atom. The molecule has 0 bridgehead atoms. The van der Waals surface area contributed by atoms with Gasteiger partial charge >= 0.3 is 0 Å². The summed E-state index contributed by atoms with van der Waals surface area (Å²) in [5.74, 6) is 0.486. The molecule has 2 atom stereocenters. The van der Waals surface area contributed by atoms with Gasteiger partial charge in [-0.25, -0.2) is 0 Å². The molecule has 2 fully saturated rings. The van der Waals surface area contributed by atoms with Crippen molar-refractivity contribution in [2.45, 2.75) is 49.1 Å². The van der Waals surface area contributed by atoms with Crippen molar-refractivity contribution < 1.29 is 13.7 Å². The summed E-state index contributed by atoms with van der Waals surface area (Å²) in [6.45, 7) is 1.74. The van der Waals surface area contributed by atoms with E-state index in [2.05, 4.69) is 10.6 Å². The summed E-state index contributed by atoms with van der Waals surface area (Å²) >= 11 is 0. The molecule has 1 aromatic rings. The van der Waals surface area contributed by atoms with Gasteiger partial charge in [-0.15, -0.1) is 0 Å². The summed E-state index contributed by atoms with van der Waals surface area (Å²) in [6.07, 6.45) is 5.83. The fourth-order valence-electron chi connectivity index (χ4n) is 3.31. The smallest absolute Gasteiger partial charge is 0.243 e. The monoisotopic (exact) mass is 350 g/mol. The molecule has 5 nitrogen and oxygen atoms in total. The molecule has 1 saturated heterocycles. The Labute approximate surface area is 146 Å². The maximum Gasteiger partial charge on any atom is 0.243 e. The van der Waals surface area contributed by atoms with Crippen LogP contribution in [0.15, 0.2) is 24.3 Å². The number of ether oxygens (including phenoxy) is 1. The van der Waals surface area contributed by atoms with E-state index in [1.54, 1.807) is 0 Å². The summed E-state index contributed by atoms with van der Waals surface area (Å²) in [6, 6.07) is 7.39. The number of nitrogens with one attached hydrogen (secondary N) is 2. The summed E-state index contributed by atoms with van der Waals surface area (Å²) < 4.78 is 17.9. The number of carbonyl (C=O) groups is 1. The fraction of sp³-hybridized carbons (Fsp3) is 0.611. The van der Waals surface area contributed by atoms with Crippen LogP contribution in [-0.4, -0.2) is 41.2 Å². The van der Waals surface area contributed by atoms with Crippen LogP contribution in [0.2, 0.25) is 0 Å². The van der Waals surface area contributed by atoms with E-state index in [1.807, 2.05) is 24.3 Å². The van der Waals surface area contributed by atoms with Crippen molar-refractivity contribution in [1.29, 1.82) is 0 Å². The molecular formula is C18H26N2O3S. The van der Waals surface area contributed by atoms with Crippen LogP contribution in [0.5, 0.6) is 0 Å². The highest BCUT2D eigenvalue weighted by atomic mass is 32.2. The van der Waals surface area contributed by atoms with Crippen LogP contribution < -0.4 is 10.6 Å². The summed E-state index contributed by atoms with van der Waals surface area (Å²) in [5, 5.41) is 6.40. The van der Waals surface area contributed by atoms with Crippen LogP contribution in [0.3, 0.4) is 0 Å². The molecule has 2 N–H and O–H groups in total. The topological polar surface area (TPSA) is 67.4 Å². The van der Waals surface area contributed by atoms with Gasteiger partial charge in [0, 0.05) is 34.0 Å². The zero-order valence-corrected chi connectivity index (χ0v) is 14.8. The Morgan fingerprint density at radius 3 is 2.88 bits per heavy atom. The highest BCUT2D eigenvalue weighted by Crippen LogP contribution is 2.24. The second-order valence-electron chi connectivity index (χ2n) is 6.56. The van der Waals surface area contributed by atoms with Crippen LogP contribution in [0.4, 0.5) is 5.69 Å². The highest BCUT2D eigenvalue weighted by molar-refractivity contribution is 7.84. The predicted octanol–water partition coefficient (Wildman–Crippen LogP) is 2.19. The number of rotatable bonds is 5. The van der Waals surface area contributed by atoms with Crippen molar-refractivity contribution in [1.82, 2.24) is 5.32 Å². The van der Waals surface area contributed by atoms with Crippen LogP contribution >= 0.6 is 0 Å². The average Bonchev–Trinajstić information content (AvgIpc) is 2.63. The third-order valence-corrected chi connectivity index (χ3v) is 6.50.